The Morgan fingerprint density at radius 1 is 1.25 bits per heavy atom. The molecule has 0 aromatic carbocycles. The van der Waals surface area contributed by atoms with Gasteiger partial charge in [0, 0.05) is 0 Å². The molecular weight excluding hydrogens is 344 g/mol. The fourth-order valence-electron chi connectivity index (χ4n) is 0. The summed E-state index contributed by atoms with van der Waals surface area (Å²) >= 11 is -2.51. The third-order valence-corrected chi connectivity index (χ3v) is 0. The zero-order valence-corrected chi connectivity index (χ0v) is 7.91. The molecule has 0 radical (unpaired) electrons. The third-order valence-electron chi connectivity index (χ3n) is 0. The molecule has 0 atom stereocenters. The van der Waals surface area contributed by atoms with Crippen LogP contribution >= 0.6 is 0 Å². The van der Waals surface area contributed by atoms with Crippen LogP contribution in [0.15, 0.2) is 0 Å². The minimum atomic E-state index is -2.51. The van der Waals surface area contributed by atoms with E-state index in [-0.39, 0.29) is 6.15 Å². The summed E-state index contributed by atoms with van der Waals surface area (Å²) in [4.78, 5) is 8.33. The van der Waals surface area contributed by atoms with Gasteiger partial charge >= 0.3 is 32.3 Å². The van der Waals surface area contributed by atoms with Crippen molar-refractivity contribution in [2.24, 2.45) is 0 Å². The molecule has 46 valence electrons. The van der Waals surface area contributed by atoms with Crippen molar-refractivity contribution in [1.29, 1.82) is 0 Å². The first-order chi connectivity index (χ1) is 3.15. The van der Waals surface area contributed by atoms with Crippen molar-refractivity contribution in [3.63, 3.8) is 0 Å². The van der Waals surface area contributed by atoms with Crippen molar-refractivity contribution >= 4 is 6.16 Å². The molecule has 7 heteroatoms. The van der Waals surface area contributed by atoms with Crippen LogP contribution in [-0.2, 0) is 4.47 Å². The second-order valence-electron chi connectivity index (χ2n) is 0.333. The molecule has 0 aliphatic rings. The Labute approximate surface area is 59.7 Å². The molecule has 0 spiro atoms. The summed E-state index contributed by atoms with van der Waals surface area (Å²) in [6, 6.07) is 0. The van der Waals surface area contributed by atoms with Gasteiger partial charge in [0.05, 0.1) is 0 Å². The van der Waals surface area contributed by atoms with E-state index in [1.807, 2.05) is 0 Å². The molecule has 0 amide bonds. The van der Waals surface area contributed by atoms with E-state index in [9.17, 15) is 0 Å². The molecular formula is CH3NO5U. The van der Waals surface area contributed by atoms with Gasteiger partial charge in [-0.25, -0.2) is 0 Å². The third kappa shape index (κ3) is 10100. The number of hydrogen-bond acceptors (Lipinski definition) is 6. The van der Waals surface area contributed by atoms with Crippen molar-refractivity contribution < 1.29 is 47.3 Å². The summed E-state index contributed by atoms with van der Waals surface area (Å²) in [6.45, 7) is 0. The summed E-state index contributed by atoms with van der Waals surface area (Å²) in [5.74, 6) is 0. The Morgan fingerprint density at radius 2 is 1.25 bits per heavy atom. The van der Waals surface area contributed by atoms with Gasteiger partial charge in [0.15, 0.2) is 0 Å². The van der Waals surface area contributed by atoms with Crippen LogP contribution in [0.25, 0.3) is 0 Å². The average molecular weight is 347 g/mol. The number of carbonyl (C=O) groups is 1. The van der Waals surface area contributed by atoms with Gasteiger partial charge in [0.1, 0.15) is 0 Å². The van der Waals surface area contributed by atoms with Gasteiger partial charge in [-0.3, -0.25) is 0 Å². The van der Waals surface area contributed by atoms with Gasteiger partial charge in [-0.2, -0.15) is 0 Å². The second-order valence-corrected chi connectivity index (χ2v) is 1.03. The van der Waals surface area contributed by atoms with E-state index in [2.05, 4.69) is 0 Å². The Kier molecular flexibility index (Phi) is 30.9. The van der Waals surface area contributed by atoms with Crippen LogP contribution in [0.5, 0.6) is 0 Å². The summed E-state index contributed by atoms with van der Waals surface area (Å²) in [5.41, 5.74) is 0. The van der Waals surface area contributed by atoms with Crippen LogP contribution in [0, 0.1) is 27.8 Å². The van der Waals surface area contributed by atoms with Crippen LogP contribution in [-0.4, -0.2) is 6.16 Å². The maximum absolute atomic E-state index is 8.58. The van der Waals surface area contributed by atoms with Crippen LogP contribution < -0.4 is 16.4 Å². The number of carboxylic acid groups (broad SMARTS) is 2. The number of hydrogen-bond donors (Lipinski definition) is 1. The van der Waals surface area contributed by atoms with Crippen LogP contribution in [0.4, 0.5) is 4.79 Å². The van der Waals surface area contributed by atoms with Gasteiger partial charge in [-0.15, -0.1) is 0 Å². The van der Waals surface area contributed by atoms with E-state index in [0.29, 0.717) is 0 Å². The summed E-state index contributed by atoms with van der Waals surface area (Å²) in [6.07, 6.45) is -2.33. The molecule has 6 nitrogen and oxygen atoms in total. The Balaban J connectivity index is -0.0000000575. The van der Waals surface area contributed by atoms with E-state index in [0.717, 1.165) is 0 Å². The van der Waals surface area contributed by atoms with E-state index >= 15 is 0 Å². The summed E-state index contributed by atoms with van der Waals surface area (Å²) < 4.78 is 17.2. The predicted octanol–water partition coefficient (Wildman–Crippen LogP) is -2.52. The van der Waals surface area contributed by atoms with Gasteiger partial charge < -0.3 is 21.2 Å². The van der Waals surface area contributed by atoms with E-state index in [1.165, 1.54) is 0 Å². The van der Waals surface area contributed by atoms with Gasteiger partial charge in [0.2, 0.25) is 0 Å². The first kappa shape index (κ1) is 15.7. The molecule has 0 rings (SSSR count). The molecule has 8 heavy (non-hydrogen) atoms. The van der Waals surface area contributed by atoms with Crippen molar-refractivity contribution in [3.05, 3.63) is 0 Å². The van der Waals surface area contributed by atoms with Crippen molar-refractivity contribution in [3.8, 4) is 0 Å². The van der Waals surface area contributed by atoms with Crippen molar-refractivity contribution in [2.45, 2.75) is 0 Å². The van der Waals surface area contributed by atoms with Crippen LogP contribution in [0.1, 0.15) is 0 Å². The number of rotatable bonds is 0. The standard InChI is InChI=1S/CH2O3.H3N.2O.U/c2-1(3)4;;;;/h(H2,2,3,4);1H3;;;/q;;;;+2/p-2. The summed E-state index contributed by atoms with van der Waals surface area (Å²) in [7, 11) is 0. The minimum absolute atomic E-state index is 0. The van der Waals surface area contributed by atoms with Crippen LogP contribution in [0.2, 0.25) is 0 Å². The molecule has 0 saturated heterocycles. The molecule has 0 aromatic heterocycles. The molecule has 0 heterocycles. The Bertz CT molecular complexity index is 80.4. The Hall–Kier alpha value is -0.118. The molecule has 0 fully saturated rings. The van der Waals surface area contributed by atoms with E-state index in [1.54, 1.807) is 0 Å². The molecule has 0 aromatic rings. The molecule has 0 aliphatic carbocycles. The Morgan fingerprint density at radius 3 is 1.25 bits per heavy atom. The molecule has 0 unspecified atom stereocenters. The van der Waals surface area contributed by atoms with Gasteiger partial charge in [-0.05, 0) is 6.16 Å². The second kappa shape index (κ2) is 15.8. The molecule has 3 N–H and O–H groups in total. The van der Waals surface area contributed by atoms with Crippen LogP contribution in [0.3, 0.4) is 0 Å². The maximum atomic E-state index is 8.58. The fraction of sp³-hybridized carbons (Fsp3) is 0. The number of carbonyl (C=O) groups excluding carboxylic acids is 1. The molecule has 0 saturated carbocycles. The summed E-state index contributed by atoms with van der Waals surface area (Å²) in [5, 5.41) is 16.7. The van der Waals surface area contributed by atoms with E-state index in [4.69, 9.17) is 19.5 Å². The fourth-order valence-corrected chi connectivity index (χ4v) is 0. The molecule has 0 aliphatic heterocycles. The monoisotopic (exact) mass is 347 g/mol. The zero-order chi connectivity index (χ0) is 6.28. The average Bonchev–Trinajstić information content (AvgIpc) is 1.33. The first-order valence-electron chi connectivity index (χ1n) is 1.02. The normalized spacial score (nSPS) is 4.00. The SMILES string of the molecule is N.O=C([O-])[O-].[O]=[U+2]=[O]. The van der Waals surface area contributed by atoms with Gasteiger partial charge in [-0.1, -0.05) is 0 Å². The van der Waals surface area contributed by atoms with Gasteiger partial charge in [0.25, 0.3) is 0 Å². The first-order valence-corrected chi connectivity index (χ1v) is 4.42. The van der Waals surface area contributed by atoms with Crippen molar-refractivity contribution in [1.82, 2.24) is 6.15 Å². The molecule has 0 bridgehead atoms. The quantitative estimate of drug-likeness (QED) is 0.514. The zero-order valence-electron chi connectivity index (χ0n) is 3.75. The van der Waals surface area contributed by atoms with E-state index < -0.39 is 34.0 Å². The topological polar surface area (TPSA) is 132 Å². The van der Waals surface area contributed by atoms with Crippen molar-refractivity contribution in [2.75, 3.05) is 0 Å². The predicted molar refractivity (Wildman–Crippen MR) is 11.8 cm³/mol.